The summed E-state index contributed by atoms with van der Waals surface area (Å²) >= 11 is 0. The van der Waals surface area contributed by atoms with Gasteiger partial charge in [0.1, 0.15) is 6.04 Å². The maximum Gasteiger partial charge on any atom is 0.264 e. The second-order valence-corrected chi connectivity index (χ2v) is 11.5. The summed E-state index contributed by atoms with van der Waals surface area (Å²) in [5.41, 5.74) is 4.88. The van der Waals surface area contributed by atoms with Gasteiger partial charge in [0.2, 0.25) is 5.91 Å². The van der Waals surface area contributed by atoms with Crippen LogP contribution >= 0.6 is 0 Å². The number of hydrogen-bond donors (Lipinski definition) is 2. The van der Waals surface area contributed by atoms with E-state index in [1.54, 1.807) is 29.2 Å². The highest BCUT2D eigenvalue weighted by molar-refractivity contribution is 7.89. The first kappa shape index (κ1) is 26.0. The monoisotopic (exact) mass is 533 g/mol. The van der Waals surface area contributed by atoms with E-state index in [1.165, 1.54) is 13.3 Å². The number of nitrogens with one attached hydrogen (secondary N) is 1. The Kier molecular flexibility index (Phi) is 7.25. The van der Waals surface area contributed by atoms with Crippen molar-refractivity contribution in [2.45, 2.75) is 35.8 Å². The summed E-state index contributed by atoms with van der Waals surface area (Å²) in [5, 5.41) is 11.2. The highest BCUT2D eigenvalue weighted by atomic mass is 32.2. The minimum absolute atomic E-state index is 0.0991. The number of carbonyl (C=O) groups is 1. The molecule has 8 nitrogen and oxygen atoms in total. The van der Waals surface area contributed by atoms with Crippen LogP contribution in [0.25, 0.3) is 11.1 Å². The normalized spacial score (nSPS) is 19.2. The predicted octanol–water partition coefficient (Wildman–Crippen LogP) is 3.62. The number of piperidine rings is 1. The van der Waals surface area contributed by atoms with Crippen molar-refractivity contribution >= 4 is 15.9 Å². The van der Waals surface area contributed by atoms with Crippen molar-refractivity contribution in [2.75, 3.05) is 20.2 Å². The van der Waals surface area contributed by atoms with E-state index in [9.17, 15) is 18.3 Å². The summed E-state index contributed by atoms with van der Waals surface area (Å²) in [6.45, 7) is 0.654. The Bertz CT molecular complexity index is 1400. The molecule has 2 aliphatic rings. The Hall–Kier alpha value is -3.66. The number of likely N-dealkylation sites (tertiary alicyclic amines) is 1. The van der Waals surface area contributed by atoms with E-state index in [4.69, 9.17) is 4.84 Å². The Morgan fingerprint density at radius 3 is 2.11 bits per heavy atom. The van der Waals surface area contributed by atoms with Crippen LogP contribution in [0, 0.1) is 0 Å². The molecule has 1 unspecified atom stereocenters. The first-order chi connectivity index (χ1) is 18.3. The fraction of sp³-hybridized carbons (Fsp3) is 0.276. The summed E-state index contributed by atoms with van der Waals surface area (Å²) in [4.78, 5) is 20.4. The van der Waals surface area contributed by atoms with Crippen molar-refractivity contribution in [3.05, 3.63) is 102 Å². The van der Waals surface area contributed by atoms with Crippen molar-refractivity contribution in [1.82, 2.24) is 14.7 Å². The van der Waals surface area contributed by atoms with E-state index >= 15 is 0 Å². The SMILES string of the molecule is CONC1=CN(S(=O)(=O)c2ccc(-c3ccccc3)cc2)C(C(=O)N2CCC(O)(c3ccccc3)CC2)C1. The molecule has 2 aliphatic heterocycles. The maximum atomic E-state index is 13.7. The van der Waals surface area contributed by atoms with Crippen LogP contribution in [0.2, 0.25) is 0 Å². The molecule has 3 aromatic carbocycles. The largest absolute Gasteiger partial charge is 0.385 e. The van der Waals surface area contributed by atoms with Crippen LogP contribution in [-0.2, 0) is 25.3 Å². The molecule has 3 aromatic rings. The molecule has 1 saturated heterocycles. The zero-order valence-corrected chi connectivity index (χ0v) is 22.0. The lowest BCUT2D eigenvalue weighted by Gasteiger charge is -2.40. The Morgan fingerprint density at radius 1 is 0.921 bits per heavy atom. The predicted molar refractivity (Wildman–Crippen MR) is 144 cm³/mol. The van der Waals surface area contributed by atoms with Crippen molar-refractivity contribution in [1.29, 1.82) is 0 Å². The van der Waals surface area contributed by atoms with Crippen LogP contribution in [-0.4, -0.2) is 54.9 Å². The molecule has 0 aliphatic carbocycles. The fourth-order valence-corrected chi connectivity index (χ4v) is 6.63. The first-order valence-electron chi connectivity index (χ1n) is 12.6. The van der Waals surface area contributed by atoms with E-state index in [2.05, 4.69) is 5.48 Å². The summed E-state index contributed by atoms with van der Waals surface area (Å²) in [6.07, 6.45) is 2.34. The third kappa shape index (κ3) is 5.05. The molecule has 2 N–H and O–H groups in total. The van der Waals surface area contributed by atoms with Gasteiger partial charge in [-0.3, -0.25) is 19.4 Å². The van der Waals surface area contributed by atoms with Gasteiger partial charge in [-0.2, -0.15) is 0 Å². The average molecular weight is 534 g/mol. The van der Waals surface area contributed by atoms with Gasteiger partial charge in [-0.05, 0) is 41.7 Å². The van der Waals surface area contributed by atoms with Gasteiger partial charge >= 0.3 is 0 Å². The van der Waals surface area contributed by atoms with Gasteiger partial charge in [-0.15, -0.1) is 0 Å². The molecule has 0 saturated carbocycles. The van der Waals surface area contributed by atoms with E-state index in [0.29, 0.717) is 31.6 Å². The third-order valence-electron chi connectivity index (χ3n) is 7.27. The van der Waals surface area contributed by atoms with Crippen molar-refractivity contribution in [2.24, 2.45) is 0 Å². The lowest BCUT2D eigenvalue weighted by molar-refractivity contribution is -0.139. The second kappa shape index (κ2) is 10.6. The van der Waals surface area contributed by atoms with Gasteiger partial charge in [-0.1, -0.05) is 72.8 Å². The van der Waals surface area contributed by atoms with E-state index in [0.717, 1.165) is 21.0 Å². The fourth-order valence-electron chi connectivity index (χ4n) is 5.14. The minimum atomic E-state index is -4.02. The summed E-state index contributed by atoms with van der Waals surface area (Å²) in [5.74, 6) is -0.297. The van der Waals surface area contributed by atoms with Crippen LogP contribution in [0.5, 0.6) is 0 Å². The molecule has 0 spiro atoms. The molecule has 0 radical (unpaired) electrons. The number of hydroxylamine groups is 1. The molecule has 0 bridgehead atoms. The second-order valence-electron chi connectivity index (χ2n) is 9.63. The molecule has 1 amide bonds. The molecule has 5 rings (SSSR count). The van der Waals surface area contributed by atoms with Crippen LogP contribution in [0.3, 0.4) is 0 Å². The van der Waals surface area contributed by atoms with Crippen LogP contribution < -0.4 is 5.48 Å². The summed E-state index contributed by atoms with van der Waals surface area (Å²) in [7, 11) is -2.59. The standard InChI is InChI=1S/C29H31N3O5S/c1-37-30-25-20-27(28(33)31-18-16-29(34,17-19-31)24-10-6-3-7-11-24)32(21-25)38(35,36)26-14-12-23(13-15-26)22-8-4-2-5-9-22/h2-15,21,27,30,34H,16-20H2,1H3. The zero-order chi connectivity index (χ0) is 26.8. The van der Waals surface area contributed by atoms with Gasteiger partial charge < -0.3 is 10.0 Å². The third-order valence-corrected chi connectivity index (χ3v) is 9.05. The molecule has 2 heterocycles. The average Bonchev–Trinajstić information content (AvgIpc) is 3.39. The quantitative estimate of drug-likeness (QED) is 0.450. The number of carbonyl (C=O) groups excluding carboxylic acids is 1. The number of sulfonamides is 1. The highest BCUT2D eigenvalue weighted by Gasteiger charge is 2.43. The van der Waals surface area contributed by atoms with Crippen LogP contribution in [0.4, 0.5) is 0 Å². The van der Waals surface area contributed by atoms with Crippen LogP contribution in [0.1, 0.15) is 24.8 Å². The highest BCUT2D eigenvalue weighted by Crippen LogP contribution is 2.35. The Morgan fingerprint density at radius 2 is 1.50 bits per heavy atom. The number of rotatable bonds is 7. The smallest absolute Gasteiger partial charge is 0.264 e. The van der Waals surface area contributed by atoms with Gasteiger partial charge in [0.15, 0.2) is 0 Å². The summed E-state index contributed by atoms with van der Waals surface area (Å²) < 4.78 is 28.6. The van der Waals surface area contributed by atoms with E-state index in [1.807, 2.05) is 60.7 Å². The Labute approximate surface area is 223 Å². The summed E-state index contributed by atoms with van der Waals surface area (Å²) in [6, 6.07) is 24.9. The minimum Gasteiger partial charge on any atom is -0.385 e. The van der Waals surface area contributed by atoms with Crippen LogP contribution in [0.15, 0.2) is 102 Å². The van der Waals surface area contributed by atoms with Crippen molar-refractivity contribution < 1.29 is 23.2 Å². The topological polar surface area (TPSA) is 99.2 Å². The number of amides is 1. The molecular formula is C29H31N3O5S. The number of nitrogens with zero attached hydrogens (tertiary/aromatic N) is 2. The van der Waals surface area contributed by atoms with E-state index < -0.39 is 21.7 Å². The lowest BCUT2D eigenvalue weighted by Crippen LogP contribution is -2.51. The van der Waals surface area contributed by atoms with Crippen molar-refractivity contribution in [3.8, 4) is 11.1 Å². The lowest BCUT2D eigenvalue weighted by atomic mass is 9.84. The molecule has 1 atom stereocenters. The number of benzene rings is 3. The van der Waals surface area contributed by atoms with Gasteiger partial charge in [0.05, 0.1) is 23.3 Å². The Balaban J connectivity index is 1.36. The number of hydrogen-bond acceptors (Lipinski definition) is 6. The molecule has 0 aromatic heterocycles. The number of aliphatic hydroxyl groups is 1. The molecular weight excluding hydrogens is 502 g/mol. The molecule has 9 heteroatoms. The van der Waals surface area contributed by atoms with Gasteiger partial charge in [0.25, 0.3) is 10.0 Å². The van der Waals surface area contributed by atoms with Crippen molar-refractivity contribution in [3.63, 3.8) is 0 Å². The molecule has 38 heavy (non-hydrogen) atoms. The van der Waals surface area contributed by atoms with E-state index in [-0.39, 0.29) is 17.2 Å². The van der Waals surface area contributed by atoms with Gasteiger partial charge in [0, 0.05) is 25.7 Å². The zero-order valence-electron chi connectivity index (χ0n) is 21.2. The maximum absolute atomic E-state index is 13.7. The molecule has 1 fully saturated rings. The first-order valence-corrected chi connectivity index (χ1v) is 14.0. The molecule has 198 valence electrons. The van der Waals surface area contributed by atoms with Gasteiger partial charge in [-0.25, -0.2) is 8.42 Å².